The first-order valence-electron chi connectivity index (χ1n) is 5.77. The van der Waals surface area contributed by atoms with Gasteiger partial charge in [0.25, 0.3) is 0 Å². The number of halogens is 1. The molecule has 3 aromatic rings. The van der Waals surface area contributed by atoms with Crippen LogP contribution >= 0.6 is 23.4 Å². The number of aryl methyl sites for hydroxylation is 1. The van der Waals surface area contributed by atoms with Crippen molar-refractivity contribution in [3.05, 3.63) is 29.3 Å². The number of anilines is 1. The number of nitrogen functional groups attached to an aromatic ring is 2. The molecule has 3 rings (SSSR count). The summed E-state index contributed by atoms with van der Waals surface area (Å²) in [7, 11) is 0. The average molecular weight is 324 g/mol. The smallest absolute Gasteiger partial charge is 0.222 e. The highest BCUT2D eigenvalue weighted by atomic mass is 35.5. The lowest BCUT2D eigenvalue weighted by atomic mass is 10.2. The van der Waals surface area contributed by atoms with Crippen molar-refractivity contribution in [3.8, 4) is 11.4 Å². The van der Waals surface area contributed by atoms with Crippen molar-refractivity contribution in [2.24, 2.45) is 0 Å². The van der Waals surface area contributed by atoms with Crippen LogP contribution in [0.25, 0.3) is 11.4 Å². The molecule has 0 bridgehead atoms. The van der Waals surface area contributed by atoms with Gasteiger partial charge in [0.15, 0.2) is 5.82 Å². The predicted molar refractivity (Wildman–Crippen MR) is 78.2 cm³/mol. The first-order valence-corrected chi connectivity index (χ1v) is 6.97. The maximum Gasteiger partial charge on any atom is 0.222 e. The van der Waals surface area contributed by atoms with E-state index in [1.807, 2.05) is 6.92 Å². The molecule has 0 aliphatic carbocycles. The summed E-state index contributed by atoms with van der Waals surface area (Å²) in [6, 6.07) is 3.34. The zero-order valence-electron chi connectivity index (χ0n) is 10.8. The minimum atomic E-state index is 0.0824. The van der Waals surface area contributed by atoms with E-state index in [4.69, 9.17) is 27.6 Å². The number of hydrogen-bond donors (Lipinski definition) is 2. The molecule has 0 amide bonds. The number of aromatic nitrogens is 5. The molecule has 0 spiro atoms. The highest BCUT2D eigenvalue weighted by molar-refractivity contribution is 7.99. The van der Waals surface area contributed by atoms with Crippen molar-refractivity contribution in [2.45, 2.75) is 17.1 Å². The van der Waals surface area contributed by atoms with Crippen LogP contribution in [0.1, 0.15) is 5.76 Å². The van der Waals surface area contributed by atoms with Crippen molar-refractivity contribution >= 4 is 29.3 Å². The Morgan fingerprint density at radius 3 is 2.81 bits per heavy atom. The lowest BCUT2D eigenvalue weighted by molar-refractivity contribution is 0.535. The Balaban J connectivity index is 1.94. The molecular weight excluding hydrogens is 314 g/mol. The first-order chi connectivity index (χ1) is 10.0. The Morgan fingerprint density at radius 2 is 2.14 bits per heavy atom. The van der Waals surface area contributed by atoms with E-state index in [-0.39, 0.29) is 11.1 Å². The van der Waals surface area contributed by atoms with Gasteiger partial charge in [-0.1, -0.05) is 11.6 Å². The third-order valence-corrected chi connectivity index (χ3v) is 3.72. The Kier molecular flexibility index (Phi) is 3.43. The maximum absolute atomic E-state index is 6.01. The molecule has 0 saturated carbocycles. The van der Waals surface area contributed by atoms with Crippen molar-refractivity contribution < 1.29 is 4.42 Å². The average Bonchev–Trinajstić information content (AvgIpc) is 2.96. The fourth-order valence-electron chi connectivity index (χ4n) is 1.71. The Hall–Kier alpha value is -2.26. The van der Waals surface area contributed by atoms with E-state index in [0.29, 0.717) is 21.8 Å². The van der Waals surface area contributed by atoms with E-state index < -0.39 is 0 Å². The third-order valence-electron chi connectivity index (χ3n) is 2.65. The summed E-state index contributed by atoms with van der Waals surface area (Å²) in [6.07, 6.45) is 1.57. The van der Waals surface area contributed by atoms with Gasteiger partial charge in [-0.3, -0.25) is 0 Å². The predicted octanol–water partition coefficient (Wildman–Crippen LogP) is 1.74. The lowest BCUT2D eigenvalue weighted by Crippen LogP contribution is -2.11. The number of rotatable bonds is 3. The molecule has 108 valence electrons. The fraction of sp³-hybridized carbons (Fsp3) is 0.0909. The Labute approximate surface area is 128 Å². The van der Waals surface area contributed by atoms with Gasteiger partial charge in [0.2, 0.25) is 11.1 Å². The largest absolute Gasteiger partial charge is 0.469 e. The van der Waals surface area contributed by atoms with Gasteiger partial charge in [-0.05, 0) is 24.8 Å². The lowest BCUT2D eigenvalue weighted by Gasteiger charge is -2.03. The molecule has 0 unspecified atom stereocenters. The molecule has 4 N–H and O–H groups in total. The van der Waals surface area contributed by atoms with Crippen molar-refractivity contribution in [3.63, 3.8) is 0 Å². The molecule has 0 aromatic carbocycles. The molecule has 0 saturated heterocycles. The van der Waals surface area contributed by atoms with Gasteiger partial charge in [0, 0.05) is 6.07 Å². The molecule has 0 radical (unpaired) electrons. The minimum Gasteiger partial charge on any atom is -0.469 e. The van der Waals surface area contributed by atoms with Crippen LogP contribution in [0.5, 0.6) is 0 Å². The van der Waals surface area contributed by atoms with Gasteiger partial charge in [-0.2, -0.15) is 0 Å². The first kappa shape index (κ1) is 13.7. The van der Waals surface area contributed by atoms with E-state index in [1.54, 1.807) is 18.4 Å². The summed E-state index contributed by atoms with van der Waals surface area (Å²) in [6.45, 7) is 1.82. The van der Waals surface area contributed by atoms with Gasteiger partial charge in [-0.25, -0.2) is 14.6 Å². The molecule has 0 aliphatic heterocycles. The molecular formula is C11H10ClN7OS. The Bertz CT molecular complexity index is 779. The zero-order valence-corrected chi connectivity index (χ0v) is 12.4. The van der Waals surface area contributed by atoms with E-state index >= 15 is 0 Å². The van der Waals surface area contributed by atoms with Gasteiger partial charge in [0.1, 0.15) is 15.9 Å². The number of nitrogens with two attached hydrogens (primary N) is 2. The monoisotopic (exact) mass is 323 g/mol. The SMILES string of the molecule is Cc1occc1-c1nnc(Sc2cc(Cl)nc(N)n2)n1N. The topological polar surface area (TPSA) is 122 Å². The Morgan fingerprint density at radius 1 is 1.33 bits per heavy atom. The van der Waals surface area contributed by atoms with Gasteiger partial charge in [0.05, 0.1) is 11.8 Å². The van der Waals surface area contributed by atoms with Crippen molar-refractivity contribution in [2.75, 3.05) is 11.6 Å². The minimum absolute atomic E-state index is 0.0824. The van der Waals surface area contributed by atoms with Gasteiger partial charge < -0.3 is 16.0 Å². The number of furan rings is 1. The molecule has 3 aromatic heterocycles. The van der Waals surface area contributed by atoms with E-state index in [0.717, 1.165) is 5.56 Å². The van der Waals surface area contributed by atoms with E-state index in [9.17, 15) is 0 Å². The van der Waals surface area contributed by atoms with E-state index in [2.05, 4.69) is 20.2 Å². The number of hydrogen-bond acceptors (Lipinski definition) is 8. The van der Waals surface area contributed by atoms with Crippen LogP contribution in [0, 0.1) is 6.92 Å². The van der Waals surface area contributed by atoms with Crippen LogP contribution in [-0.2, 0) is 0 Å². The van der Waals surface area contributed by atoms with Crippen LogP contribution in [0.15, 0.2) is 33.0 Å². The quantitative estimate of drug-likeness (QED) is 0.552. The highest BCUT2D eigenvalue weighted by Crippen LogP contribution is 2.29. The molecule has 0 atom stereocenters. The summed E-state index contributed by atoms with van der Waals surface area (Å²) in [5.41, 5.74) is 6.32. The second-order valence-electron chi connectivity index (χ2n) is 4.06. The van der Waals surface area contributed by atoms with Crippen LogP contribution in [0.2, 0.25) is 5.15 Å². The van der Waals surface area contributed by atoms with Crippen LogP contribution in [0.3, 0.4) is 0 Å². The van der Waals surface area contributed by atoms with Gasteiger partial charge >= 0.3 is 0 Å². The van der Waals surface area contributed by atoms with Crippen LogP contribution in [0.4, 0.5) is 5.95 Å². The van der Waals surface area contributed by atoms with Crippen LogP contribution in [-0.4, -0.2) is 24.8 Å². The van der Waals surface area contributed by atoms with Gasteiger partial charge in [-0.15, -0.1) is 10.2 Å². The van der Waals surface area contributed by atoms with Crippen molar-refractivity contribution in [1.82, 2.24) is 24.8 Å². The molecule has 10 heteroatoms. The summed E-state index contributed by atoms with van der Waals surface area (Å²) in [5, 5.41) is 9.31. The van der Waals surface area contributed by atoms with Crippen LogP contribution < -0.4 is 11.6 Å². The molecule has 3 heterocycles. The van der Waals surface area contributed by atoms with E-state index in [1.165, 1.54) is 16.4 Å². The molecule has 21 heavy (non-hydrogen) atoms. The normalized spacial score (nSPS) is 11.0. The highest BCUT2D eigenvalue weighted by Gasteiger charge is 2.17. The standard InChI is InChI=1S/C11H10ClN7OS/c1-5-6(2-3-20-5)9-17-18-11(19(9)14)21-8-4-7(12)15-10(13)16-8/h2-4H,14H2,1H3,(H2,13,15,16). The summed E-state index contributed by atoms with van der Waals surface area (Å²) >= 11 is 7.02. The summed E-state index contributed by atoms with van der Waals surface area (Å²) < 4.78 is 6.59. The van der Waals surface area contributed by atoms with Crippen molar-refractivity contribution in [1.29, 1.82) is 0 Å². The molecule has 0 aliphatic rings. The molecule has 0 fully saturated rings. The number of nitrogens with zero attached hydrogens (tertiary/aromatic N) is 5. The second kappa shape index (κ2) is 5.26. The zero-order chi connectivity index (χ0) is 15.0. The summed E-state index contributed by atoms with van der Waals surface area (Å²) in [5.74, 6) is 7.30. The fourth-order valence-corrected chi connectivity index (χ4v) is 2.72. The maximum atomic E-state index is 6.01. The summed E-state index contributed by atoms with van der Waals surface area (Å²) in [4.78, 5) is 7.84. The second-order valence-corrected chi connectivity index (χ2v) is 5.43. The third kappa shape index (κ3) is 2.65. The molecule has 8 nitrogen and oxygen atoms in total.